The van der Waals surface area contributed by atoms with E-state index >= 15 is 0 Å². The number of aryl methyl sites for hydroxylation is 1. The van der Waals surface area contributed by atoms with E-state index in [0.29, 0.717) is 16.8 Å². The smallest absolute Gasteiger partial charge is 0.271 e. The van der Waals surface area contributed by atoms with Crippen LogP contribution in [0.3, 0.4) is 0 Å². The number of carbonyl (C=O) groups is 2. The topological polar surface area (TPSA) is 89.2 Å². The van der Waals surface area contributed by atoms with Gasteiger partial charge in [-0.15, -0.1) is 0 Å². The fourth-order valence-electron chi connectivity index (χ4n) is 3.42. The van der Waals surface area contributed by atoms with Gasteiger partial charge in [0.1, 0.15) is 5.69 Å². The van der Waals surface area contributed by atoms with Crippen molar-refractivity contribution in [3.8, 4) is 5.69 Å². The molecule has 7 nitrogen and oxygen atoms in total. The SMILES string of the molecule is Cc1cc(C(=O)NNC(=O)Cc2noc3ccccc23)c(C)n1-c1ccccc1. The molecule has 2 heterocycles. The molecule has 4 rings (SSSR count). The Kier molecular flexibility index (Phi) is 4.87. The predicted octanol–water partition coefficient (Wildman–Crippen LogP) is 3.24. The molecule has 0 unspecified atom stereocenters. The summed E-state index contributed by atoms with van der Waals surface area (Å²) in [7, 11) is 0. The van der Waals surface area contributed by atoms with Crippen LogP contribution in [0.1, 0.15) is 27.4 Å². The molecule has 0 radical (unpaired) electrons. The van der Waals surface area contributed by atoms with E-state index in [1.807, 2.05) is 66.9 Å². The third kappa shape index (κ3) is 3.62. The number of fused-ring (bicyclic) bond motifs is 1. The van der Waals surface area contributed by atoms with Gasteiger partial charge < -0.3 is 9.09 Å². The zero-order valence-corrected chi connectivity index (χ0v) is 16.1. The summed E-state index contributed by atoms with van der Waals surface area (Å²) in [5, 5.41) is 4.71. The van der Waals surface area contributed by atoms with Gasteiger partial charge in [-0.25, -0.2) is 0 Å². The average molecular weight is 388 g/mol. The predicted molar refractivity (Wildman–Crippen MR) is 109 cm³/mol. The second kappa shape index (κ2) is 7.63. The largest absolute Gasteiger partial charge is 0.356 e. The Labute approximate surface area is 167 Å². The molecule has 2 amide bonds. The molecule has 2 aromatic heterocycles. The maximum absolute atomic E-state index is 12.6. The monoisotopic (exact) mass is 388 g/mol. The van der Waals surface area contributed by atoms with E-state index in [1.165, 1.54) is 0 Å². The van der Waals surface area contributed by atoms with E-state index in [4.69, 9.17) is 4.52 Å². The number of nitrogens with one attached hydrogen (secondary N) is 2. The van der Waals surface area contributed by atoms with Gasteiger partial charge in [-0.1, -0.05) is 35.5 Å². The minimum atomic E-state index is -0.380. The zero-order chi connectivity index (χ0) is 20.4. The number of nitrogens with zero attached hydrogens (tertiary/aromatic N) is 2. The normalized spacial score (nSPS) is 10.8. The number of hydrogen-bond donors (Lipinski definition) is 2. The van der Waals surface area contributed by atoms with Crippen LogP contribution in [-0.2, 0) is 11.2 Å². The molecular weight excluding hydrogens is 368 g/mol. The Morgan fingerprint density at radius 1 is 1.00 bits per heavy atom. The van der Waals surface area contributed by atoms with Gasteiger partial charge in [0.05, 0.1) is 12.0 Å². The Morgan fingerprint density at radius 2 is 1.72 bits per heavy atom. The Balaban J connectivity index is 1.44. The van der Waals surface area contributed by atoms with Crippen LogP contribution in [0.5, 0.6) is 0 Å². The summed E-state index contributed by atoms with van der Waals surface area (Å²) < 4.78 is 7.20. The summed E-state index contributed by atoms with van der Waals surface area (Å²) in [6.45, 7) is 3.81. The van der Waals surface area contributed by atoms with E-state index in [0.717, 1.165) is 22.5 Å². The average Bonchev–Trinajstić information content (AvgIpc) is 3.27. The van der Waals surface area contributed by atoms with Crippen molar-refractivity contribution in [1.29, 1.82) is 0 Å². The molecule has 0 aliphatic carbocycles. The first kappa shape index (κ1) is 18.5. The number of hydrogen-bond acceptors (Lipinski definition) is 4. The lowest BCUT2D eigenvalue weighted by Crippen LogP contribution is -2.42. The van der Waals surface area contributed by atoms with Crippen LogP contribution < -0.4 is 10.9 Å². The van der Waals surface area contributed by atoms with Crippen molar-refractivity contribution in [3.63, 3.8) is 0 Å². The highest BCUT2D eigenvalue weighted by Crippen LogP contribution is 2.21. The zero-order valence-electron chi connectivity index (χ0n) is 16.1. The fraction of sp³-hybridized carbons (Fsp3) is 0.136. The van der Waals surface area contributed by atoms with Crippen LogP contribution in [0.15, 0.2) is 65.2 Å². The van der Waals surface area contributed by atoms with Gasteiger partial charge in [-0.2, -0.15) is 0 Å². The van der Waals surface area contributed by atoms with Gasteiger partial charge in [-0.3, -0.25) is 20.4 Å². The quantitative estimate of drug-likeness (QED) is 0.525. The van der Waals surface area contributed by atoms with Gasteiger partial charge in [0, 0.05) is 22.5 Å². The second-order valence-electron chi connectivity index (χ2n) is 6.76. The van der Waals surface area contributed by atoms with Crippen molar-refractivity contribution >= 4 is 22.8 Å². The van der Waals surface area contributed by atoms with E-state index in [2.05, 4.69) is 16.0 Å². The van der Waals surface area contributed by atoms with Crippen LogP contribution in [0.4, 0.5) is 0 Å². The Morgan fingerprint density at radius 3 is 2.52 bits per heavy atom. The van der Waals surface area contributed by atoms with Crippen LogP contribution in [0, 0.1) is 13.8 Å². The summed E-state index contributed by atoms with van der Waals surface area (Å²) in [6.07, 6.45) is 0.000328. The Hall–Kier alpha value is -3.87. The summed E-state index contributed by atoms with van der Waals surface area (Å²) in [5.41, 5.74) is 9.27. The highest BCUT2D eigenvalue weighted by molar-refractivity contribution is 5.97. The summed E-state index contributed by atoms with van der Waals surface area (Å²) in [6, 6.07) is 18.9. The molecule has 0 atom stereocenters. The van der Waals surface area contributed by atoms with Crippen molar-refractivity contribution in [2.24, 2.45) is 0 Å². The molecule has 0 aliphatic rings. The number of hydrazine groups is 1. The molecule has 0 aliphatic heterocycles. The van der Waals surface area contributed by atoms with Crippen molar-refractivity contribution in [3.05, 3.63) is 83.3 Å². The van der Waals surface area contributed by atoms with Crippen molar-refractivity contribution in [2.75, 3.05) is 0 Å². The number of benzene rings is 2. The number of para-hydroxylation sites is 2. The van der Waals surface area contributed by atoms with Gasteiger partial charge >= 0.3 is 0 Å². The first-order valence-corrected chi connectivity index (χ1v) is 9.21. The highest BCUT2D eigenvalue weighted by atomic mass is 16.5. The molecule has 0 saturated heterocycles. The van der Waals surface area contributed by atoms with Crippen LogP contribution in [-0.4, -0.2) is 21.5 Å². The molecule has 0 bridgehead atoms. The van der Waals surface area contributed by atoms with Crippen molar-refractivity contribution < 1.29 is 14.1 Å². The summed E-state index contributed by atoms with van der Waals surface area (Å²) in [5.74, 6) is -0.757. The van der Waals surface area contributed by atoms with Gasteiger partial charge in [0.25, 0.3) is 5.91 Å². The van der Waals surface area contributed by atoms with Gasteiger partial charge in [-0.05, 0) is 44.2 Å². The molecular formula is C22H20N4O3. The van der Waals surface area contributed by atoms with Crippen LogP contribution >= 0.6 is 0 Å². The van der Waals surface area contributed by atoms with Crippen molar-refractivity contribution in [1.82, 2.24) is 20.6 Å². The Bertz CT molecular complexity index is 1190. The van der Waals surface area contributed by atoms with Crippen LogP contribution in [0.2, 0.25) is 0 Å². The maximum atomic E-state index is 12.6. The first-order chi connectivity index (χ1) is 14.0. The molecule has 4 aromatic rings. The minimum Gasteiger partial charge on any atom is -0.356 e. The van der Waals surface area contributed by atoms with E-state index in [-0.39, 0.29) is 18.2 Å². The molecule has 0 spiro atoms. The maximum Gasteiger partial charge on any atom is 0.271 e. The standard InChI is InChI=1S/C22H20N4O3/c1-14-12-18(15(2)26(14)16-8-4-3-5-9-16)22(28)24-23-21(27)13-19-17-10-6-7-11-20(17)29-25-19/h3-12H,13H2,1-2H3,(H,23,27)(H,24,28). The van der Waals surface area contributed by atoms with E-state index < -0.39 is 0 Å². The number of carbonyl (C=O) groups excluding carboxylic acids is 2. The lowest BCUT2D eigenvalue weighted by atomic mass is 10.2. The molecule has 0 fully saturated rings. The first-order valence-electron chi connectivity index (χ1n) is 9.21. The molecule has 0 saturated carbocycles. The molecule has 146 valence electrons. The molecule has 7 heteroatoms. The van der Waals surface area contributed by atoms with Crippen LogP contribution in [0.25, 0.3) is 16.7 Å². The van der Waals surface area contributed by atoms with E-state index in [1.54, 1.807) is 12.1 Å². The number of aromatic nitrogens is 2. The number of amides is 2. The number of rotatable bonds is 4. The third-order valence-electron chi connectivity index (χ3n) is 4.79. The molecule has 2 aromatic carbocycles. The van der Waals surface area contributed by atoms with Crippen molar-refractivity contribution in [2.45, 2.75) is 20.3 Å². The third-order valence-corrected chi connectivity index (χ3v) is 4.79. The minimum absolute atomic E-state index is 0.000328. The second-order valence-corrected chi connectivity index (χ2v) is 6.76. The van der Waals surface area contributed by atoms with E-state index in [9.17, 15) is 9.59 Å². The fourth-order valence-corrected chi connectivity index (χ4v) is 3.42. The lowest BCUT2D eigenvalue weighted by Gasteiger charge is -2.10. The highest BCUT2D eigenvalue weighted by Gasteiger charge is 2.18. The molecule has 2 N–H and O–H groups in total. The lowest BCUT2D eigenvalue weighted by molar-refractivity contribution is -0.121. The molecule has 29 heavy (non-hydrogen) atoms. The summed E-state index contributed by atoms with van der Waals surface area (Å²) >= 11 is 0. The van der Waals surface area contributed by atoms with Gasteiger partial charge in [0.15, 0.2) is 5.58 Å². The van der Waals surface area contributed by atoms with Gasteiger partial charge in [0.2, 0.25) is 5.91 Å². The summed E-state index contributed by atoms with van der Waals surface area (Å²) in [4.78, 5) is 24.9.